The van der Waals surface area contributed by atoms with E-state index >= 15 is 0 Å². The lowest BCUT2D eigenvalue weighted by Crippen LogP contribution is -2.71. The summed E-state index contributed by atoms with van der Waals surface area (Å²) >= 11 is 8.23. The molecule has 16 heteroatoms. The van der Waals surface area contributed by atoms with Gasteiger partial charge >= 0.3 is 11.9 Å². The zero-order valence-electron chi connectivity index (χ0n) is 19.0. The maximum absolute atomic E-state index is 13.1. The predicted octanol–water partition coefficient (Wildman–Crippen LogP) is 0.784. The van der Waals surface area contributed by atoms with Crippen molar-refractivity contribution in [2.75, 3.05) is 25.2 Å². The van der Waals surface area contributed by atoms with Gasteiger partial charge in [0.25, 0.3) is 11.8 Å². The van der Waals surface area contributed by atoms with Gasteiger partial charge in [0, 0.05) is 0 Å². The van der Waals surface area contributed by atoms with Crippen molar-refractivity contribution >= 4 is 69.3 Å². The number of nitrogen functional groups attached to an aromatic ring is 1. The van der Waals surface area contributed by atoms with Crippen molar-refractivity contribution in [3.8, 4) is 0 Å². The highest BCUT2D eigenvalue weighted by Gasteiger charge is 2.55. The highest BCUT2D eigenvalue weighted by Crippen LogP contribution is 2.40. The van der Waals surface area contributed by atoms with E-state index in [9.17, 15) is 24.3 Å². The molecule has 1 saturated heterocycles. The van der Waals surface area contributed by atoms with Crippen LogP contribution in [0.15, 0.2) is 16.6 Å². The molecule has 2 aliphatic rings. The summed E-state index contributed by atoms with van der Waals surface area (Å²) in [4.78, 5) is 59.4. The van der Waals surface area contributed by atoms with Crippen LogP contribution in [0.4, 0.5) is 5.13 Å². The fourth-order valence-electron chi connectivity index (χ4n) is 3.13. The van der Waals surface area contributed by atoms with E-state index in [1.165, 1.54) is 18.9 Å². The molecule has 0 radical (unpaired) electrons. The second-order valence-corrected chi connectivity index (χ2v) is 10.9. The molecule has 1 unspecified atom stereocenters. The Kier molecular flexibility index (Phi) is 7.81. The lowest BCUT2D eigenvalue weighted by molar-refractivity contribution is -0.160. The lowest BCUT2D eigenvalue weighted by Gasteiger charge is -2.48. The minimum atomic E-state index is -1.33. The first kappa shape index (κ1) is 26.6. The number of hydrogen-bond acceptors (Lipinski definition) is 12. The highest BCUT2D eigenvalue weighted by atomic mass is 35.5. The van der Waals surface area contributed by atoms with Crippen LogP contribution in [0, 0.1) is 0 Å². The second kappa shape index (κ2) is 10.3. The zero-order chi connectivity index (χ0) is 26.1. The van der Waals surface area contributed by atoms with Crippen molar-refractivity contribution in [1.29, 1.82) is 0 Å². The lowest BCUT2D eigenvalue weighted by atomic mass is 10.0. The van der Waals surface area contributed by atoms with Crippen LogP contribution in [0.5, 0.6) is 0 Å². The van der Waals surface area contributed by atoms with Crippen molar-refractivity contribution in [2.24, 2.45) is 5.16 Å². The number of oxime groups is 1. The van der Waals surface area contributed by atoms with Crippen molar-refractivity contribution in [2.45, 2.75) is 37.8 Å². The monoisotopic (exact) mass is 547 g/mol. The van der Waals surface area contributed by atoms with Gasteiger partial charge in [-0.25, -0.2) is 14.6 Å². The Labute approximate surface area is 212 Å². The van der Waals surface area contributed by atoms with Crippen LogP contribution < -0.4 is 11.1 Å². The van der Waals surface area contributed by atoms with E-state index in [0.717, 1.165) is 16.2 Å². The summed E-state index contributed by atoms with van der Waals surface area (Å²) in [6, 6.07) is -1.06. The minimum absolute atomic E-state index is 0.0340. The summed E-state index contributed by atoms with van der Waals surface area (Å²) in [5, 5.41) is 15.1. The molecule has 0 saturated carbocycles. The number of β-lactam (4-membered cyclic amide) rings is 1. The van der Waals surface area contributed by atoms with Gasteiger partial charge < -0.3 is 30.5 Å². The molecule has 1 aromatic heterocycles. The molecule has 1 fully saturated rings. The van der Waals surface area contributed by atoms with Crippen molar-refractivity contribution in [3.05, 3.63) is 21.5 Å². The van der Waals surface area contributed by atoms with Gasteiger partial charge in [-0.2, -0.15) is 0 Å². The summed E-state index contributed by atoms with van der Waals surface area (Å²) < 4.78 is 10.2. The van der Waals surface area contributed by atoms with E-state index in [4.69, 9.17) is 31.6 Å². The number of anilines is 1. The average molecular weight is 548 g/mol. The number of methoxy groups -OCH3 is 1. The van der Waals surface area contributed by atoms with Gasteiger partial charge in [0.15, 0.2) is 16.5 Å². The first-order valence-corrected chi connectivity index (χ1v) is 12.2. The standard InChI is InChI=1S/C19H22ClN5O8S2/c1-19(2,3)33-8(26)5-32-24-10(9-13(20)35-18(21)23-9)14(27)22-11-15(28)25-12(17(29)30)7(31-4)6-34-16(11)25/h11,16H,5-6H2,1-4H3,(H2,21,23)(H,22,27)(H,29,30)/b24-10+/t11?,16-/m1/s1. The molecule has 35 heavy (non-hydrogen) atoms. The normalized spacial score (nSPS) is 20.1. The minimum Gasteiger partial charge on any atom is -0.498 e. The third kappa shape index (κ3) is 5.79. The van der Waals surface area contributed by atoms with Gasteiger partial charge in [0.1, 0.15) is 32.8 Å². The molecule has 0 aliphatic carbocycles. The van der Waals surface area contributed by atoms with Crippen LogP contribution >= 0.6 is 34.7 Å². The van der Waals surface area contributed by atoms with Crippen LogP contribution in [0.25, 0.3) is 0 Å². The Morgan fingerprint density at radius 2 is 2.06 bits per heavy atom. The van der Waals surface area contributed by atoms with Crippen molar-refractivity contribution in [3.63, 3.8) is 0 Å². The molecule has 3 heterocycles. The smallest absolute Gasteiger partial charge is 0.356 e. The number of carboxylic acid groups (broad SMARTS) is 1. The fourth-order valence-corrected chi connectivity index (χ4v) is 5.37. The molecule has 3 rings (SSSR count). The van der Waals surface area contributed by atoms with E-state index in [1.54, 1.807) is 20.8 Å². The number of thiazole rings is 1. The Morgan fingerprint density at radius 1 is 1.37 bits per heavy atom. The van der Waals surface area contributed by atoms with Gasteiger partial charge in [-0.1, -0.05) is 28.1 Å². The van der Waals surface area contributed by atoms with E-state index in [0.29, 0.717) is 0 Å². The van der Waals surface area contributed by atoms with E-state index in [1.807, 2.05) is 0 Å². The second-order valence-electron chi connectivity index (χ2n) is 8.12. The van der Waals surface area contributed by atoms with Crippen LogP contribution in [-0.2, 0) is 33.5 Å². The summed E-state index contributed by atoms with van der Waals surface area (Å²) in [5.41, 5.74) is 4.10. The summed E-state index contributed by atoms with van der Waals surface area (Å²) in [5.74, 6) is -3.27. The number of hydrogen-bond donors (Lipinski definition) is 3. The van der Waals surface area contributed by atoms with Gasteiger partial charge in [-0.3, -0.25) is 14.5 Å². The number of esters is 1. The number of nitrogens with two attached hydrogens (primary N) is 1. The molecule has 0 bridgehead atoms. The van der Waals surface area contributed by atoms with Gasteiger partial charge in [-0.05, 0) is 20.8 Å². The SMILES string of the molecule is COC1=C(C(=O)O)N2C(=O)C(NC(=O)/C(=N/OCC(=O)OC(C)(C)C)c3nc(N)sc3Cl)[C@H]2SC1. The number of fused-ring (bicyclic) bond motifs is 1. The number of carbonyl (C=O) groups excluding carboxylic acids is 3. The molecule has 13 nitrogen and oxygen atoms in total. The molecular weight excluding hydrogens is 526 g/mol. The van der Waals surface area contributed by atoms with E-state index in [-0.39, 0.29) is 32.4 Å². The molecule has 0 spiro atoms. The Bertz CT molecular complexity index is 1130. The molecule has 0 aromatic carbocycles. The Balaban J connectivity index is 1.79. The topological polar surface area (TPSA) is 183 Å². The largest absolute Gasteiger partial charge is 0.498 e. The summed E-state index contributed by atoms with van der Waals surface area (Å²) in [6.07, 6.45) is 0. The number of rotatable bonds is 8. The van der Waals surface area contributed by atoms with Crippen molar-refractivity contribution < 1.29 is 38.6 Å². The number of ether oxygens (including phenoxy) is 2. The van der Waals surface area contributed by atoms with Crippen LogP contribution in [0.3, 0.4) is 0 Å². The molecule has 2 amide bonds. The maximum Gasteiger partial charge on any atom is 0.356 e. The Morgan fingerprint density at radius 3 is 2.60 bits per heavy atom. The number of carboxylic acids is 1. The third-order valence-corrected chi connectivity index (χ3v) is 6.81. The third-order valence-electron chi connectivity index (χ3n) is 4.47. The quantitative estimate of drug-likeness (QED) is 0.181. The number of nitrogens with zero attached hydrogens (tertiary/aromatic N) is 3. The number of aromatic nitrogens is 1. The van der Waals surface area contributed by atoms with Gasteiger partial charge in [0.05, 0.1) is 12.9 Å². The average Bonchev–Trinajstić information content (AvgIpc) is 3.09. The maximum atomic E-state index is 13.1. The van der Waals surface area contributed by atoms with E-state index < -0.39 is 53.1 Å². The van der Waals surface area contributed by atoms with Crippen LogP contribution in [0.2, 0.25) is 4.34 Å². The van der Waals surface area contributed by atoms with Crippen LogP contribution in [0.1, 0.15) is 26.5 Å². The molecule has 1 aromatic rings. The molecular formula is C19H22ClN5O8S2. The molecule has 2 atom stereocenters. The first-order valence-electron chi connectivity index (χ1n) is 9.94. The number of thioether (sulfide) groups is 1. The fraction of sp³-hybridized carbons (Fsp3) is 0.474. The van der Waals surface area contributed by atoms with E-state index in [2.05, 4.69) is 15.5 Å². The first-order chi connectivity index (χ1) is 16.3. The molecule has 2 aliphatic heterocycles. The van der Waals surface area contributed by atoms with Gasteiger partial charge in [-0.15, -0.1) is 11.8 Å². The van der Waals surface area contributed by atoms with Crippen LogP contribution in [-0.4, -0.2) is 80.9 Å². The van der Waals surface area contributed by atoms with Gasteiger partial charge in [0.2, 0.25) is 6.61 Å². The molecule has 4 N–H and O–H groups in total. The summed E-state index contributed by atoms with van der Waals surface area (Å²) in [6.45, 7) is 4.42. The number of amides is 2. The predicted molar refractivity (Wildman–Crippen MR) is 127 cm³/mol. The van der Waals surface area contributed by atoms with Crippen molar-refractivity contribution in [1.82, 2.24) is 15.2 Å². The Hall–Kier alpha value is -3.04. The highest BCUT2D eigenvalue weighted by molar-refractivity contribution is 8.00. The number of aliphatic carboxylic acids is 1. The number of carbonyl (C=O) groups is 4. The summed E-state index contributed by atoms with van der Waals surface area (Å²) in [7, 11) is 1.31. The zero-order valence-corrected chi connectivity index (χ0v) is 21.4. The number of halogens is 1. The number of nitrogens with one attached hydrogen (secondary N) is 1. The molecule has 190 valence electrons.